The van der Waals surface area contributed by atoms with E-state index in [0.29, 0.717) is 6.04 Å². The Kier molecular flexibility index (Phi) is 4.74. The van der Waals surface area contributed by atoms with Crippen LogP contribution in [0.5, 0.6) is 0 Å². The standard InChI is InChI=1S/C11H24N2/c1-3-4-11(7-12)13-8-9(2)10-5-6-10/h9-11,13H,3-8,12H2,1-2H3. The van der Waals surface area contributed by atoms with Gasteiger partial charge in [-0.05, 0) is 37.6 Å². The summed E-state index contributed by atoms with van der Waals surface area (Å²) >= 11 is 0. The predicted molar refractivity (Wildman–Crippen MR) is 57.6 cm³/mol. The van der Waals surface area contributed by atoms with E-state index in [2.05, 4.69) is 19.2 Å². The average molecular weight is 184 g/mol. The zero-order chi connectivity index (χ0) is 9.68. The van der Waals surface area contributed by atoms with Gasteiger partial charge in [0.05, 0.1) is 0 Å². The van der Waals surface area contributed by atoms with Gasteiger partial charge in [-0.25, -0.2) is 0 Å². The summed E-state index contributed by atoms with van der Waals surface area (Å²) in [6.45, 7) is 6.51. The van der Waals surface area contributed by atoms with E-state index in [1.165, 1.54) is 25.7 Å². The van der Waals surface area contributed by atoms with Crippen molar-refractivity contribution in [2.45, 2.75) is 45.6 Å². The van der Waals surface area contributed by atoms with Crippen LogP contribution in [-0.2, 0) is 0 Å². The molecule has 0 aromatic heterocycles. The molecule has 0 radical (unpaired) electrons. The molecular formula is C11H24N2. The average Bonchev–Trinajstić information content (AvgIpc) is 2.94. The van der Waals surface area contributed by atoms with Crippen molar-refractivity contribution < 1.29 is 0 Å². The Morgan fingerprint density at radius 1 is 1.46 bits per heavy atom. The second kappa shape index (κ2) is 5.61. The summed E-state index contributed by atoms with van der Waals surface area (Å²) in [6.07, 6.45) is 5.34. The minimum Gasteiger partial charge on any atom is -0.329 e. The lowest BCUT2D eigenvalue weighted by atomic mass is 10.1. The fourth-order valence-corrected chi connectivity index (χ4v) is 1.84. The molecule has 0 aliphatic heterocycles. The fraction of sp³-hybridized carbons (Fsp3) is 1.00. The molecule has 2 nitrogen and oxygen atoms in total. The molecule has 0 aromatic carbocycles. The SMILES string of the molecule is CCCC(CN)NCC(C)C1CC1. The van der Waals surface area contributed by atoms with Crippen molar-refractivity contribution >= 4 is 0 Å². The molecule has 1 saturated carbocycles. The monoisotopic (exact) mass is 184 g/mol. The van der Waals surface area contributed by atoms with Crippen LogP contribution in [0.15, 0.2) is 0 Å². The van der Waals surface area contributed by atoms with Crippen LogP contribution in [0, 0.1) is 11.8 Å². The Balaban J connectivity index is 2.06. The molecule has 2 unspecified atom stereocenters. The van der Waals surface area contributed by atoms with Gasteiger partial charge in [0.1, 0.15) is 0 Å². The third-order valence-corrected chi connectivity index (χ3v) is 3.08. The lowest BCUT2D eigenvalue weighted by molar-refractivity contribution is 0.403. The first-order valence-electron chi connectivity index (χ1n) is 5.71. The van der Waals surface area contributed by atoms with Crippen LogP contribution in [0.3, 0.4) is 0 Å². The molecule has 1 fully saturated rings. The minimum atomic E-state index is 0.547. The van der Waals surface area contributed by atoms with E-state index in [0.717, 1.165) is 24.9 Å². The van der Waals surface area contributed by atoms with Crippen LogP contribution in [0.2, 0.25) is 0 Å². The third-order valence-electron chi connectivity index (χ3n) is 3.08. The first kappa shape index (κ1) is 11.0. The van der Waals surface area contributed by atoms with Crippen LogP contribution >= 0.6 is 0 Å². The van der Waals surface area contributed by atoms with E-state index in [1.807, 2.05) is 0 Å². The van der Waals surface area contributed by atoms with Gasteiger partial charge in [0.2, 0.25) is 0 Å². The molecule has 2 atom stereocenters. The van der Waals surface area contributed by atoms with Crippen LogP contribution < -0.4 is 11.1 Å². The van der Waals surface area contributed by atoms with Gasteiger partial charge < -0.3 is 11.1 Å². The molecule has 0 aromatic rings. The summed E-state index contributed by atoms with van der Waals surface area (Å²) in [6, 6.07) is 0.547. The summed E-state index contributed by atoms with van der Waals surface area (Å²) in [5.74, 6) is 1.86. The Morgan fingerprint density at radius 3 is 2.62 bits per heavy atom. The first-order valence-corrected chi connectivity index (χ1v) is 5.71. The van der Waals surface area contributed by atoms with Gasteiger partial charge in [0.15, 0.2) is 0 Å². The highest BCUT2D eigenvalue weighted by atomic mass is 14.9. The molecule has 1 aliphatic rings. The highest BCUT2D eigenvalue weighted by molar-refractivity contribution is 4.81. The van der Waals surface area contributed by atoms with E-state index in [4.69, 9.17) is 5.73 Å². The summed E-state index contributed by atoms with van der Waals surface area (Å²) in [5, 5.41) is 3.57. The summed E-state index contributed by atoms with van der Waals surface area (Å²) in [4.78, 5) is 0. The maximum atomic E-state index is 5.67. The van der Waals surface area contributed by atoms with Gasteiger partial charge in [-0.3, -0.25) is 0 Å². The highest BCUT2D eigenvalue weighted by Gasteiger charge is 2.27. The van der Waals surface area contributed by atoms with E-state index in [-0.39, 0.29) is 0 Å². The summed E-state index contributed by atoms with van der Waals surface area (Å²) in [7, 11) is 0. The predicted octanol–water partition coefficient (Wildman–Crippen LogP) is 1.75. The zero-order valence-electron chi connectivity index (χ0n) is 9.05. The largest absolute Gasteiger partial charge is 0.329 e. The Bertz CT molecular complexity index is 132. The Labute approximate surface area is 82.3 Å². The molecule has 78 valence electrons. The van der Waals surface area contributed by atoms with Gasteiger partial charge in [-0.1, -0.05) is 20.3 Å². The van der Waals surface area contributed by atoms with Gasteiger partial charge in [-0.2, -0.15) is 0 Å². The molecule has 0 bridgehead atoms. The molecule has 1 rings (SSSR count). The van der Waals surface area contributed by atoms with E-state index in [9.17, 15) is 0 Å². The van der Waals surface area contributed by atoms with Gasteiger partial charge in [-0.15, -0.1) is 0 Å². The van der Waals surface area contributed by atoms with Crippen molar-refractivity contribution in [2.75, 3.05) is 13.1 Å². The normalized spacial score (nSPS) is 21.5. The van der Waals surface area contributed by atoms with Gasteiger partial charge in [0.25, 0.3) is 0 Å². The molecular weight excluding hydrogens is 160 g/mol. The van der Waals surface area contributed by atoms with Crippen LogP contribution in [0.1, 0.15) is 39.5 Å². The fourth-order valence-electron chi connectivity index (χ4n) is 1.84. The zero-order valence-corrected chi connectivity index (χ0v) is 9.05. The van der Waals surface area contributed by atoms with Crippen molar-refractivity contribution in [1.29, 1.82) is 0 Å². The van der Waals surface area contributed by atoms with E-state index >= 15 is 0 Å². The molecule has 2 heteroatoms. The number of hydrogen-bond acceptors (Lipinski definition) is 2. The number of nitrogens with one attached hydrogen (secondary N) is 1. The van der Waals surface area contributed by atoms with Gasteiger partial charge in [0, 0.05) is 12.6 Å². The number of nitrogens with two attached hydrogens (primary N) is 1. The van der Waals surface area contributed by atoms with Crippen molar-refractivity contribution in [3.63, 3.8) is 0 Å². The first-order chi connectivity index (χ1) is 6.27. The molecule has 3 N–H and O–H groups in total. The van der Waals surface area contributed by atoms with E-state index in [1.54, 1.807) is 0 Å². The molecule has 0 amide bonds. The van der Waals surface area contributed by atoms with E-state index < -0.39 is 0 Å². The lowest BCUT2D eigenvalue weighted by Gasteiger charge is -2.19. The molecule has 0 spiro atoms. The third kappa shape index (κ3) is 4.10. The van der Waals surface area contributed by atoms with Gasteiger partial charge >= 0.3 is 0 Å². The van der Waals surface area contributed by atoms with Crippen LogP contribution in [0.25, 0.3) is 0 Å². The number of rotatable bonds is 7. The van der Waals surface area contributed by atoms with Crippen LogP contribution in [-0.4, -0.2) is 19.1 Å². The molecule has 1 aliphatic carbocycles. The minimum absolute atomic E-state index is 0.547. The number of hydrogen-bond donors (Lipinski definition) is 2. The highest BCUT2D eigenvalue weighted by Crippen LogP contribution is 2.36. The topological polar surface area (TPSA) is 38.0 Å². The second-order valence-corrected chi connectivity index (χ2v) is 4.44. The van der Waals surface area contributed by atoms with Crippen molar-refractivity contribution in [1.82, 2.24) is 5.32 Å². The molecule has 0 saturated heterocycles. The Morgan fingerprint density at radius 2 is 2.15 bits per heavy atom. The maximum absolute atomic E-state index is 5.67. The smallest absolute Gasteiger partial charge is 0.0190 e. The van der Waals surface area contributed by atoms with Crippen LogP contribution in [0.4, 0.5) is 0 Å². The molecule has 0 heterocycles. The van der Waals surface area contributed by atoms with Crippen molar-refractivity contribution in [3.8, 4) is 0 Å². The summed E-state index contributed by atoms with van der Waals surface area (Å²) < 4.78 is 0. The van der Waals surface area contributed by atoms with Crippen molar-refractivity contribution in [2.24, 2.45) is 17.6 Å². The quantitative estimate of drug-likeness (QED) is 0.632. The maximum Gasteiger partial charge on any atom is 0.0190 e. The summed E-state index contributed by atoms with van der Waals surface area (Å²) in [5.41, 5.74) is 5.67. The second-order valence-electron chi connectivity index (χ2n) is 4.44. The molecule has 13 heavy (non-hydrogen) atoms. The van der Waals surface area contributed by atoms with Crippen molar-refractivity contribution in [3.05, 3.63) is 0 Å². The lowest BCUT2D eigenvalue weighted by Crippen LogP contribution is -2.38. The Hall–Kier alpha value is -0.0800.